The normalized spacial score (nSPS) is 14.1. The van der Waals surface area contributed by atoms with Crippen LogP contribution in [0.5, 0.6) is 0 Å². The van der Waals surface area contributed by atoms with E-state index in [1.54, 1.807) is 0 Å². The summed E-state index contributed by atoms with van der Waals surface area (Å²) in [5, 5.41) is 5.14. The zero-order chi connectivity index (χ0) is 34.4. The standard InChI is InChI=1S/C50H38N2/c1-3-12-35(13-4-1)37-24-22-34(23-25-37)28-41-29-39-26-27-40(31-46(39)44-19-8-7-18-43(41)44)48-32-47-45-20-9-10-21-49(45)52(50(47)33-51-48)42-17-11-16-38(30-42)36-14-5-2-6-15-36/h1-7,9-10,12-15,17-18,20-27,29-33H,8,11,16,19,28H2. The highest BCUT2D eigenvalue weighted by Crippen LogP contribution is 2.39. The van der Waals surface area contributed by atoms with Crippen molar-refractivity contribution in [1.29, 1.82) is 0 Å². The van der Waals surface area contributed by atoms with Gasteiger partial charge in [0.25, 0.3) is 0 Å². The van der Waals surface area contributed by atoms with Crippen LogP contribution in [0.25, 0.3) is 72.3 Å². The van der Waals surface area contributed by atoms with Gasteiger partial charge in [0.15, 0.2) is 0 Å². The van der Waals surface area contributed by atoms with Crippen molar-refractivity contribution >= 4 is 49.9 Å². The monoisotopic (exact) mass is 666 g/mol. The molecule has 0 spiro atoms. The van der Waals surface area contributed by atoms with Crippen LogP contribution in [0.2, 0.25) is 0 Å². The number of aryl methyl sites for hydroxylation is 1. The number of benzene rings is 6. The van der Waals surface area contributed by atoms with E-state index in [-0.39, 0.29) is 0 Å². The number of pyridine rings is 1. The van der Waals surface area contributed by atoms with Crippen molar-refractivity contribution in [3.8, 4) is 22.4 Å². The van der Waals surface area contributed by atoms with E-state index in [0.717, 1.165) is 48.9 Å². The van der Waals surface area contributed by atoms with Crippen molar-refractivity contribution in [2.45, 2.75) is 32.1 Å². The molecular formula is C50H38N2. The highest BCUT2D eigenvalue weighted by molar-refractivity contribution is 6.11. The van der Waals surface area contributed by atoms with Gasteiger partial charge in [-0.15, -0.1) is 0 Å². The summed E-state index contributed by atoms with van der Waals surface area (Å²) in [5.74, 6) is 0. The zero-order valence-corrected chi connectivity index (χ0v) is 29.1. The molecule has 10 rings (SSSR count). The Morgan fingerprint density at radius 2 is 1.33 bits per heavy atom. The number of nitrogens with zero attached hydrogens (tertiary/aromatic N) is 2. The van der Waals surface area contributed by atoms with Gasteiger partial charge in [-0.05, 0) is 112 Å². The number of para-hydroxylation sites is 1. The van der Waals surface area contributed by atoms with Crippen LogP contribution in [0.15, 0.2) is 164 Å². The predicted molar refractivity (Wildman–Crippen MR) is 220 cm³/mol. The molecule has 0 saturated heterocycles. The molecule has 0 fully saturated rings. The molecule has 0 amide bonds. The summed E-state index contributed by atoms with van der Waals surface area (Å²) in [6.07, 6.45) is 16.6. The molecule has 0 N–H and O–H groups in total. The van der Waals surface area contributed by atoms with Gasteiger partial charge in [0.05, 0.1) is 22.9 Å². The van der Waals surface area contributed by atoms with Gasteiger partial charge in [-0.25, -0.2) is 0 Å². The van der Waals surface area contributed by atoms with Crippen molar-refractivity contribution < 1.29 is 0 Å². The molecule has 52 heavy (non-hydrogen) atoms. The topological polar surface area (TPSA) is 17.8 Å². The Labute approximate surface area is 304 Å². The second-order valence-electron chi connectivity index (χ2n) is 14.2. The van der Waals surface area contributed by atoms with Crippen LogP contribution >= 0.6 is 0 Å². The van der Waals surface area contributed by atoms with Gasteiger partial charge in [-0.1, -0.05) is 140 Å². The maximum atomic E-state index is 5.14. The zero-order valence-electron chi connectivity index (χ0n) is 29.1. The predicted octanol–water partition coefficient (Wildman–Crippen LogP) is 12.9. The molecule has 2 heteroatoms. The summed E-state index contributed by atoms with van der Waals surface area (Å²) in [4.78, 5) is 5.14. The molecule has 248 valence electrons. The molecule has 2 aliphatic rings. The minimum Gasteiger partial charge on any atom is -0.308 e. The number of rotatable bonds is 6. The molecule has 2 nitrogen and oxygen atoms in total. The van der Waals surface area contributed by atoms with Crippen LogP contribution < -0.4 is 0 Å². The first kappa shape index (κ1) is 30.6. The Hall–Kier alpha value is -6.25. The minimum absolute atomic E-state index is 0.917. The summed E-state index contributed by atoms with van der Waals surface area (Å²) >= 11 is 0. The number of hydrogen-bond donors (Lipinski definition) is 0. The van der Waals surface area contributed by atoms with Crippen LogP contribution in [-0.4, -0.2) is 9.55 Å². The lowest BCUT2D eigenvalue weighted by Crippen LogP contribution is -2.02. The van der Waals surface area contributed by atoms with Gasteiger partial charge >= 0.3 is 0 Å². The molecule has 0 saturated carbocycles. The van der Waals surface area contributed by atoms with Crippen LogP contribution in [0.4, 0.5) is 0 Å². The Morgan fingerprint density at radius 1 is 0.577 bits per heavy atom. The Bertz CT molecular complexity index is 2720. The third-order valence-electron chi connectivity index (χ3n) is 11.0. The lowest BCUT2D eigenvalue weighted by Gasteiger charge is -2.19. The van der Waals surface area contributed by atoms with E-state index in [0.29, 0.717) is 0 Å². The first-order valence-corrected chi connectivity index (χ1v) is 18.5. The lowest BCUT2D eigenvalue weighted by atomic mass is 9.85. The SMILES string of the molecule is C1=Cc2c(Cc3ccc(-c4ccccc4)cc3)cc3ccc(-c4cc5c6ccccc6n(C6=CCCC(c7ccccc7)=C6)c5cn4)cc3c2CC1. The van der Waals surface area contributed by atoms with E-state index < -0.39 is 0 Å². The van der Waals surface area contributed by atoms with E-state index in [4.69, 9.17) is 4.98 Å². The number of aromatic nitrogens is 2. The van der Waals surface area contributed by atoms with Gasteiger partial charge in [-0.3, -0.25) is 4.98 Å². The van der Waals surface area contributed by atoms with Crippen molar-refractivity contribution in [2.75, 3.05) is 0 Å². The van der Waals surface area contributed by atoms with Gasteiger partial charge in [0.2, 0.25) is 0 Å². The maximum Gasteiger partial charge on any atom is 0.0724 e. The average molecular weight is 667 g/mol. The van der Waals surface area contributed by atoms with E-state index in [2.05, 4.69) is 175 Å². The number of allylic oxidation sites excluding steroid dienone is 5. The second kappa shape index (κ2) is 12.8. The van der Waals surface area contributed by atoms with Gasteiger partial charge in [0, 0.05) is 22.0 Å². The fourth-order valence-electron chi connectivity index (χ4n) is 8.45. The second-order valence-corrected chi connectivity index (χ2v) is 14.2. The molecular weight excluding hydrogens is 629 g/mol. The molecule has 0 bridgehead atoms. The van der Waals surface area contributed by atoms with Crippen molar-refractivity contribution in [3.05, 3.63) is 192 Å². The Morgan fingerprint density at radius 3 is 2.17 bits per heavy atom. The number of fused-ring (bicyclic) bond motifs is 6. The van der Waals surface area contributed by atoms with E-state index in [1.807, 2.05) is 0 Å². The third kappa shape index (κ3) is 5.39. The smallest absolute Gasteiger partial charge is 0.0724 e. The molecule has 0 atom stereocenters. The van der Waals surface area contributed by atoms with Gasteiger partial charge < -0.3 is 4.57 Å². The summed E-state index contributed by atoms with van der Waals surface area (Å²) in [7, 11) is 0. The van der Waals surface area contributed by atoms with Crippen LogP contribution in [0.1, 0.15) is 47.1 Å². The van der Waals surface area contributed by atoms with E-state index in [1.165, 1.54) is 77.3 Å². The fraction of sp³-hybridized carbons (Fsp3) is 0.100. The largest absolute Gasteiger partial charge is 0.308 e. The summed E-state index contributed by atoms with van der Waals surface area (Å²) in [6, 6.07) is 51.0. The lowest BCUT2D eigenvalue weighted by molar-refractivity contribution is 0.987. The molecule has 6 aromatic carbocycles. The first-order chi connectivity index (χ1) is 25.8. The maximum absolute atomic E-state index is 5.14. The van der Waals surface area contributed by atoms with Crippen molar-refractivity contribution in [2.24, 2.45) is 0 Å². The van der Waals surface area contributed by atoms with Crippen molar-refractivity contribution in [3.63, 3.8) is 0 Å². The molecule has 0 radical (unpaired) electrons. The molecule has 2 heterocycles. The van der Waals surface area contributed by atoms with E-state index >= 15 is 0 Å². The number of hydrogen-bond acceptors (Lipinski definition) is 1. The fourth-order valence-corrected chi connectivity index (χ4v) is 8.45. The highest BCUT2D eigenvalue weighted by Gasteiger charge is 2.19. The third-order valence-corrected chi connectivity index (χ3v) is 11.0. The summed E-state index contributed by atoms with van der Waals surface area (Å²) < 4.78 is 2.41. The quantitative estimate of drug-likeness (QED) is 0.173. The first-order valence-electron chi connectivity index (χ1n) is 18.5. The Kier molecular flexibility index (Phi) is 7.53. The molecule has 2 aromatic heterocycles. The van der Waals surface area contributed by atoms with Gasteiger partial charge in [-0.2, -0.15) is 0 Å². The van der Waals surface area contributed by atoms with Gasteiger partial charge in [0.1, 0.15) is 0 Å². The Balaban J connectivity index is 1.03. The van der Waals surface area contributed by atoms with E-state index in [9.17, 15) is 0 Å². The minimum atomic E-state index is 0.917. The molecule has 0 aliphatic heterocycles. The van der Waals surface area contributed by atoms with Crippen LogP contribution in [-0.2, 0) is 12.8 Å². The molecule has 8 aromatic rings. The molecule has 0 unspecified atom stereocenters. The summed E-state index contributed by atoms with van der Waals surface area (Å²) in [6.45, 7) is 0. The van der Waals surface area contributed by atoms with Crippen molar-refractivity contribution in [1.82, 2.24) is 9.55 Å². The molecule has 2 aliphatic carbocycles. The average Bonchev–Trinajstić information content (AvgIpc) is 3.55. The highest BCUT2D eigenvalue weighted by atomic mass is 15.0. The van der Waals surface area contributed by atoms with Crippen LogP contribution in [0.3, 0.4) is 0 Å². The summed E-state index contributed by atoms with van der Waals surface area (Å²) in [5.41, 5.74) is 16.5. The van der Waals surface area contributed by atoms with Crippen LogP contribution in [0, 0.1) is 0 Å².